The first-order valence-corrected chi connectivity index (χ1v) is 11.4. The molecule has 3 N–H and O–H groups in total. The second-order valence-electron chi connectivity index (χ2n) is 8.83. The van der Waals surface area contributed by atoms with Gasteiger partial charge in [0.05, 0.1) is 5.52 Å². The fourth-order valence-electron chi connectivity index (χ4n) is 4.24. The van der Waals surface area contributed by atoms with Crippen molar-refractivity contribution < 1.29 is 9.18 Å². The standard InChI is InChI=1S/C25H31FN6O/c1-32(2)23-21-5-3-4-6-22(21)30-24(31-23)29-20-13-9-18(10-14-20)16-28-25(33)27-15-17-7-11-19(26)12-8-17/h3-8,11-12,18,20H,9-10,13-16H2,1-2H3,(H2,27,28,33)(H,29,30,31)/t18-,20+. The summed E-state index contributed by atoms with van der Waals surface area (Å²) < 4.78 is 13.0. The van der Waals surface area contributed by atoms with Crippen LogP contribution in [0.15, 0.2) is 48.5 Å². The Labute approximate surface area is 193 Å². The Hall–Kier alpha value is -3.42. The lowest BCUT2D eigenvalue weighted by Gasteiger charge is -2.29. The van der Waals surface area contributed by atoms with Crippen molar-refractivity contribution in [3.05, 3.63) is 59.9 Å². The van der Waals surface area contributed by atoms with E-state index in [0.29, 0.717) is 31.0 Å². The van der Waals surface area contributed by atoms with Gasteiger partial charge in [-0.15, -0.1) is 0 Å². The summed E-state index contributed by atoms with van der Waals surface area (Å²) in [6, 6.07) is 14.3. The van der Waals surface area contributed by atoms with Gasteiger partial charge in [0.2, 0.25) is 5.95 Å². The minimum atomic E-state index is -0.279. The maximum atomic E-state index is 13.0. The van der Waals surface area contributed by atoms with Gasteiger partial charge < -0.3 is 20.9 Å². The number of nitrogens with zero attached hydrogens (tertiary/aromatic N) is 3. The molecular weight excluding hydrogens is 419 g/mol. The molecule has 0 bridgehead atoms. The topological polar surface area (TPSA) is 82.2 Å². The van der Waals surface area contributed by atoms with Gasteiger partial charge in [-0.3, -0.25) is 0 Å². The second kappa shape index (κ2) is 10.5. The number of halogens is 1. The van der Waals surface area contributed by atoms with E-state index < -0.39 is 0 Å². The van der Waals surface area contributed by atoms with Crippen LogP contribution in [-0.4, -0.2) is 42.7 Å². The lowest BCUT2D eigenvalue weighted by atomic mass is 9.86. The van der Waals surface area contributed by atoms with E-state index in [2.05, 4.69) is 16.0 Å². The first kappa shape index (κ1) is 22.8. The monoisotopic (exact) mass is 450 g/mol. The zero-order chi connectivity index (χ0) is 23.2. The maximum absolute atomic E-state index is 13.0. The summed E-state index contributed by atoms with van der Waals surface area (Å²) in [6.07, 6.45) is 4.09. The highest BCUT2D eigenvalue weighted by Gasteiger charge is 2.22. The second-order valence-corrected chi connectivity index (χ2v) is 8.83. The molecule has 1 aromatic heterocycles. The van der Waals surface area contributed by atoms with Crippen LogP contribution in [0.3, 0.4) is 0 Å². The number of amides is 2. The number of hydrogen-bond acceptors (Lipinski definition) is 5. The Bertz CT molecular complexity index is 1080. The van der Waals surface area contributed by atoms with Crippen molar-refractivity contribution in [1.29, 1.82) is 0 Å². The molecule has 1 heterocycles. The molecule has 1 aliphatic carbocycles. The van der Waals surface area contributed by atoms with Crippen LogP contribution < -0.4 is 20.9 Å². The fraction of sp³-hybridized carbons (Fsp3) is 0.400. The number of para-hydroxylation sites is 1. The Kier molecular flexibility index (Phi) is 7.22. The molecule has 0 atom stereocenters. The van der Waals surface area contributed by atoms with Crippen molar-refractivity contribution in [3.63, 3.8) is 0 Å². The van der Waals surface area contributed by atoms with Gasteiger partial charge >= 0.3 is 6.03 Å². The third-order valence-corrected chi connectivity index (χ3v) is 6.10. The summed E-state index contributed by atoms with van der Waals surface area (Å²) in [5.41, 5.74) is 1.80. The van der Waals surface area contributed by atoms with Gasteiger partial charge in [-0.25, -0.2) is 14.2 Å². The highest BCUT2D eigenvalue weighted by molar-refractivity contribution is 5.90. The quantitative estimate of drug-likeness (QED) is 0.500. The molecule has 1 aliphatic rings. The van der Waals surface area contributed by atoms with Crippen LogP contribution in [0.2, 0.25) is 0 Å². The van der Waals surface area contributed by atoms with Gasteiger partial charge in [-0.2, -0.15) is 4.98 Å². The van der Waals surface area contributed by atoms with Crippen LogP contribution in [0.5, 0.6) is 0 Å². The molecule has 0 aliphatic heterocycles. The van der Waals surface area contributed by atoms with Crippen LogP contribution in [0.1, 0.15) is 31.2 Å². The van der Waals surface area contributed by atoms with Crippen LogP contribution in [-0.2, 0) is 6.54 Å². The normalized spacial score (nSPS) is 18.0. The van der Waals surface area contributed by atoms with Crippen LogP contribution in [0.4, 0.5) is 21.0 Å². The number of urea groups is 1. The van der Waals surface area contributed by atoms with Crippen molar-refractivity contribution in [2.75, 3.05) is 30.9 Å². The number of fused-ring (bicyclic) bond motifs is 1. The molecule has 1 fully saturated rings. The Balaban J connectivity index is 1.23. The number of nitrogens with one attached hydrogen (secondary N) is 3. The minimum Gasteiger partial charge on any atom is -0.362 e. The number of carbonyl (C=O) groups excluding carboxylic acids is 1. The lowest BCUT2D eigenvalue weighted by Crippen LogP contribution is -2.39. The highest BCUT2D eigenvalue weighted by Crippen LogP contribution is 2.28. The Morgan fingerprint density at radius 2 is 1.73 bits per heavy atom. The summed E-state index contributed by atoms with van der Waals surface area (Å²) in [6.45, 7) is 1.03. The van der Waals surface area contributed by atoms with Crippen molar-refractivity contribution in [2.24, 2.45) is 5.92 Å². The molecule has 7 nitrogen and oxygen atoms in total. The van der Waals surface area contributed by atoms with E-state index in [9.17, 15) is 9.18 Å². The zero-order valence-corrected chi connectivity index (χ0v) is 19.1. The van der Waals surface area contributed by atoms with Crippen molar-refractivity contribution in [1.82, 2.24) is 20.6 Å². The molecule has 0 unspecified atom stereocenters. The Morgan fingerprint density at radius 1 is 1.00 bits per heavy atom. The van der Waals surface area contributed by atoms with E-state index >= 15 is 0 Å². The molecule has 0 radical (unpaired) electrons. The smallest absolute Gasteiger partial charge is 0.315 e. The summed E-state index contributed by atoms with van der Waals surface area (Å²) in [4.78, 5) is 23.6. The molecule has 2 aromatic carbocycles. The molecule has 4 rings (SSSR count). The first-order valence-electron chi connectivity index (χ1n) is 11.4. The number of carbonyl (C=O) groups is 1. The SMILES string of the molecule is CN(C)c1nc(N[C@H]2CC[C@@H](CNC(=O)NCc3ccc(F)cc3)CC2)nc2ccccc12. The predicted octanol–water partition coefficient (Wildman–Crippen LogP) is 4.31. The molecule has 0 saturated heterocycles. The summed E-state index contributed by atoms with van der Waals surface area (Å²) in [7, 11) is 3.99. The maximum Gasteiger partial charge on any atom is 0.315 e. The number of rotatable bonds is 7. The zero-order valence-electron chi connectivity index (χ0n) is 19.1. The van der Waals surface area contributed by atoms with Gasteiger partial charge in [-0.05, 0) is 61.4 Å². The third-order valence-electron chi connectivity index (χ3n) is 6.10. The average molecular weight is 451 g/mol. The van der Waals surface area contributed by atoms with Crippen LogP contribution in [0, 0.1) is 11.7 Å². The van der Waals surface area contributed by atoms with E-state index in [1.165, 1.54) is 12.1 Å². The minimum absolute atomic E-state index is 0.194. The van der Waals surface area contributed by atoms with Gasteiger partial charge in [-0.1, -0.05) is 24.3 Å². The summed E-state index contributed by atoms with van der Waals surface area (Å²) >= 11 is 0. The molecule has 2 amide bonds. The molecule has 3 aromatic rings. The average Bonchev–Trinajstić information content (AvgIpc) is 2.82. The largest absolute Gasteiger partial charge is 0.362 e. The van der Waals surface area contributed by atoms with E-state index in [-0.39, 0.29) is 11.8 Å². The molecular formula is C25H31FN6O. The van der Waals surface area contributed by atoms with Crippen LogP contribution in [0.25, 0.3) is 10.9 Å². The van der Waals surface area contributed by atoms with Crippen molar-refractivity contribution in [2.45, 2.75) is 38.3 Å². The van der Waals surface area contributed by atoms with Crippen LogP contribution >= 0.6 is 0 Å². The summed E-state index contributed by atoms with van der Waals surface area (Å²) in [5.74, 6) is 1.75. The number of anilines is 2. The highest BCUT2D eigenvalue weighted by atomic mass is 19.1. The van der Waals surface area contributed by atoms with E-state index in [1.54, 1.807) is 12.1 Å². The number of hydrogen-bond donors (Lipinski definition) is 3. The molecule has 0 spiro atoms. The molecule has 33 heavy (non-hydrogen) atoms. The predicted molar refractivity (Wildman–Crippen MR) is 130 cm³/mol. The molecule has 1 saturated carbocycles. The summed E-state index contributed by atoms with van der Waals surface area (Å²) in [5, 5.41) is 10.3. The van der Waals surface area contributed by atoms with Gasteiger partial charge in [0.1, 0.15) is 11.6 Å². The number of aromatic nitrogens is 2. The number of benzene rings is 2. The van der Waals surface area contributed by atoms with Crippen molar-refractivity contribution in [3.8, 4) is 0 Å². The lowest BCUT2D eigenvalue weighted by molar-refractivity contribution is 0.235. The van der Waals surface area contributed by atoms with E-state index in [4.69, 9.17) is 9.97 Å². The van der Waals surface area contributed by atoms with Gasteiger partial charge in [0.15, 0.2) is 0 Å². The molecule has 8 heteroatoms. The van der Waals surface area contributed by atoms with Gasteiger partial charge in [0.25, 0.3) is 0 Å². The molecule has 174 valence electrons. The Morgan fingerprint density at radius 3 is 2.45 bits per heavy atom. The van der Waals surface area contributed by atoms with E-state index in [1.807, 2.05) is 43.3 Å². The van der Waals surface area contributed by atoms with Gasteiger partial charge in [0, 0.05) is 38.6 Å². The first-order chi connectivity index (χ1) is 16.0. The van der Waals surface area contributed by atoms with Crippen molar-refractivity contribution >= 4 is 28.7 Å². The fourth-order valence-corrected chi connectivity index (χ4v) is 4.24. The third kappa shape index (κ3) is 6.09. The van der Waals surface area contributed by atoms with E-state index in [0.717, 1.165) is 48.0 Å².